The fourth-order valence-corrected chi connectivity index (χ4v) is 3.06. The molecule has 206 valence electrons. The van der Waals surface area contributed by atoms with Gasteiger partial charge in [0.25, 0.3) is 0 Å². The van der Waals surface area contributed by atoms with Crippen LogP contribution >= 0.6 is 0 Å². The minimum absolute atomic E-state index is 0.00687. The zero-order valence-corrected chi connectivity index (χ0v) is 20.9. The number of aliphatic carboxylic acids is 1. The van der Waals surface area contributed by atoms with Crippen LogP contribution in [-0.4, -0.2) is 82.6 Å². The second-order valence-corrected chi connectivity index (χ2v) is 8.56. The number of carboxylic acids is 1. The summed E-state index contributed by atoms with van der Waals surface area (Å²) in [5, 5.41) is 26.7. The summed E-state index contributed by atoms with van der Waals surface area (Å²) in [7, 11) is 0. The Morgan fingerprint density at radius 2 is 1.44 bits per heavy atom. The Morgan fingerprint density at radius 1 is 0.889 bits per heavy atom. The van der Waals surface area contributed by atoms with Gasteiger partial charge in [-0.2, -0.15) is 0 Å². The molecule has 4 amide bonds. The summed E-state index contributed by atoms with van der Waals surface area (Å²) in [6.07, 6.45) is -0.815. The number of guanidine groups is 1. The van der Waals surface area contributed by atoms with E-state index in [2.05, 4.69) is 20.9 Å². The van der Waals surface area contributed by atoms with E-state index in [0.29, 0.717) is 6.42 Å². The maximum Gasteiger partial charge on any atom is 0.326 e. The molecule has 0 saturated carbocycles. The van der Waals surface area contributed by atoms with Crippen LogP contribution in [0.25, 0.3) is 0 Å². The molecule has 0 aromatic heterocycles. The van der Waals surface area contributed by atoms with E-state index < -0.39 is 65.8 Å². The molecule has 13 N–H and O–H groups in total. The lowest BCUT2D eigenvalue weighted by atomic mass is 9.96. The first-order valence-electron chi connectivity index (χ1n) is 11.6. The highest BCUT2D eigenvalue weighted by Gasteiger charge is 2.34. The summed E-state index contributed by atoms with van der Waals surface area (Å²) >= 11 is 0. The van der Waals surface area contributed by atoms with Crippen molar-refractivity contribution >= 4 is 35.6 Å². The molecule has 0 rings (SSSR count). The average Bonchev–Trinajstić information content (AvgIpc) is 2.79. The Kier molecular flexibility index (Phi) is 14.7. The van der Waals surface area contributed by atoms with Gasteiger partial charge in [0.1, 0.15) is 18.1 Å². The Labute approximate surface area is 209 Å². The standard InChI is InChI=1S/C21H40N8O7/c1-4-10(2)15(28-17(32)12(22)7-8-14(23)31)18(33)29-16(11(3)30)19(34)27-13(20(35)36)6-5-9-26-21(24)25/h10-13,15-16,30H,4-9,22H2,1-3H3,(H2,23,31)(H,27,34)(H,28,32)(H,29,33)(H,35,36)(H4,24,25,26). The highest BCUT2D eigenvalue weighted by Crippen LogP contribution is 2.10. The monoisotopic (exact) mass is 516 g/mol. The Balaban J connectivity index is 5.40. The van der Waals surface area contributed by atoms with Gasteiger partial charge in [-0.15, -0.1) is 0 Å². The summed E-state index contributed by atoms with van der Waals surface area (Å²) in [6.45, 7) is 4.86. The second-order valence-electron chi connectivity index (χ2n) is 8.56. The second kappa shape index (κ2) is 16.3. The number of nitrogens with zero attached hydrogens (tertiary/aromatic N) is 1. The first-order valence-corrected chi connectivity index (χ1v) is 11.6. The number of primary amides is 1. The van der Waals surface area contributed by atoms with Crippen molar-refractivity contribution < 1.29 is 34.2 Å². The van der Waals surface area contributed by atoms with E-state index in [1.807, 2.05) is 0 Å². The molecule has 6 unspecified atom stereocenters. The van der Waals surface area contributed by atoms with Crippen LogP contribution in [-0.2, 0) is 24.0 Å². The van der Waals surface area contributed by atoms with Crippen LogP contribution in [0.5, 0.6) is 0 Å². The molecule has 15 nitrogen and oxygen atoms in total. The quantitative estimate of drug-likeness (QED) is 0.0524. The Bertz CT molecular complexity index is 801. The molecular formula is C21H40N8O7. The molecule has 0 aromatic rings. The van der Waals surface area contributed by atoms with Gasteiger partial charge in [0.15, 0.2) is 5.96 Å². The number of rotatable bonds is 17. The van der Waals surface area contributed by atoms with Crippen LogP contribution in [0.15, 0.2) is 4.99 Å². The van der Waals surface area contributed by atoms with E-state index in [1.165, 1.54) is 6.92 Å². The largest absolute Gasteiger partial charge is 0.480 e. The van der Waals surface area contributed by atoms with Crippen LogP contribution in [0, 0.1) is 5.92 Å². The van der Waals surface area contributed by atoms with Gasteiger partial charge in [-0.3, -0.25) is 24.2 Å². The first-order chi connectivity index (χ1) is 16.7. The molecule has 15 heteroatoms. The number of aliphatic imine (C=N–C) groups is 1. The maximum absolute atomic E-state index is 13.0. The third-order valence-corrected chi connectivity index (χ3v) is 5.45. The van der Waals surface area contributed by atoms with Crippen molar-refractivity contribution in [3.05, 3.63) is 0 Å². The number of aliphatic hydroxyl groups excluding tert-OH is 1. The summed E-state index contributed by atoms with van der Waals surface area (Å²) < 4.78 is 0. The summed E-state index contributed by atoms with van der Waals surface area (Å²) in [5.74, 6) is -4.90. The molecule has 36 heavy (non-hydrogen) atoms. The van der Waals surface area contributed by atoms with Crippen molar-refractivity contribution in [2.75, 3.05) is 6.54 Å². The summed E-state index contributed by atoms with van der Waals surface area (Å²) in [4.78, 5) is 64.4. The van der Waals surface area contributed by atoms with Crippen molar-refractivity contribution in [2.24, 2.45) is 33.8 Å². The fraction of sp³-hybridized carbons (Fsp3) is 0.714. The van der Waals surface area contributed by atoms with Gasteiger partial charge in [0.05, 0.1) is 12.1 Å². The maximum atomic E-state index is 13.0. The van der Waals surface area contributed by atoms with Gasteiger partial charge >= 0.3 is 5.97 Å². The molecule has 0 saturated heterocycles. The molecule has 0 radical (unpaired) electrons. The van der Waals surface area contributed by atoms with E-state index in [0.717, 1.165) is 0 Å². The SMILES string of the molecule is CCC(C)C(NC(=O)C(N)CCC(N)=O)C(=O)NC(C(=O)NC(CCCN=C(N)N)C(=O)O)C(C)O. The zero-order valence-electron chi connectivity index (χ0n) is 20.9. The van der Waals surface area contributed by atoms with Gasteiger partial charge in [-0.1, -0.05) is 20.3 Å². The van der Waals surface area contributed by atoms with Crippen LogP contribution in [0.4, 0.5) is 0 Å². The van der Waals surface area contributed by atoms with Gasteiger partial charge < -0.3 is 49.1 Å². The van der Waals surface area contributed by atoms with Gasteiger partial charge in [0, 0.05) is 13.0 Å². The van der Waals surface area contributed by atoms with E-state index in [9.17, 15) is 34.2 Å². The molecule has 0 aromatic carbocycles. The minimum Gasteiger partial charge on any atom is -0.480 e. The third kappa shape index (κ3) is 12.3. The van der Waals surface area contributed by atoms with E-state index >= 15 is 0 Å². The van der Waals surface area contributed by atoms with Crippen molar-refractivity contribution in [3.63, 3.8) is 0 Å². The smallest absolute Gasteiger partial charge is 0.326 e. The van der Waals surface area contributed by atoms with Crippen molar-refractivity contribution in [1.29, 1.82) is 0 Å². The lowest BCUT2D eigenvalue weighted by molar-refractivity contribution is -0.143. The van der Waals surface area contributed by atoms with Crippen LogP contribution < -0.4 is 38.9 Å². The molecule has 0 aliphatic carbocycles. The predicted octanol–water partition coefficient (Wildman–Crippen LogP) is -3.40. The lowest BCUT2D eigenvalue weighted by Crippen LogP contribution is -2.61. The van der Waals surface area contributed by atoms with Gasteiger partial charge in [-0.25, -0.2) is 4.79 Å². The normalized spacial score (nSPS) is 15.8. The van der Waals surface area contributed by atoms with Crippen LogP contribution in [0.1, 0.15) is 52.9 Å². The van der Waals surface area contributed by atoms with E-state index in [1.54, 1.807) is 13.8 Å². The van der Waals surface area contributed by atoms with Gasteiger partial charge in [-0.05, 0) is 32.1 Å². The number of nitrogens with two attached hydrogens (primary N) is 4. The first kappa shape index (κ1) is 32.5. The predicted molar refractivity (Wildman–Crippen MR) is 131 cm³/mol. The average molecular weight is 517 g/mol. The van der Waals surface area contributed by atoms with E-state index in [-0.39, 0.29) is 38.2 Å². The molecule has 0 bridgehead atoms. The Morgan fingerprint density at radius 3 is 1.92 bits per heavy atom. The van der Waals surface area contributed by atoms with Crippen molar-refractivity contribution in [1.82, 2.24) is 16.0 Å². The minimum atomic E-state index is -1.51. The van der Waals surface area contributed by atoms with E-state index in [4.69, 9.17) is 22.9 Å². The number of carbonyl (C=O) groups excluding carboxylic acids is 4. The molecule has 0 aliphatic heterocycles. The Hall–Kier alpha value is -3.46. The molecule has 0 fully saturated rings. The number of nitrogens with one attached hydrogen (secondary N) is 3. The fourth-order valence-electron chi connectivity index (χ4n) is 3.06. The van der Waals surface area contributed by atoms with Crippen LogP contribution in [0.2, 0.25) is 0 Å². The third-order valence-electron chi connectivity index (χ3n) is 5.45. The van der Waals surface area contributed by atoms with Crippen LogP contribution in [0.3, 0.4) is 0 Å². The molecule has 0 aliphatic rings. The highest BCUT2D eigenvalue weighted by atomic mass is 16.4. The lowest BCUT2D eigenvalue weighted by Gasteiger charge is -2.29. The number of amides is 4. The molecular weight excluding hydrogens is 476 g/mol. The van der Waals surface area contributed by atoms with Crippen molar-refractivity contribution in [3.8, 4) is 0 Å². The summed E-state index contributed by atoms with van der Waals surface area (Å²) in [5.41, 5.74) is 21.3. The molecule has 0 heterocycles. The summed E-state index contributed by atoms with van der Waals surface area (Å²) in [6, 6.07) is -5.05. The number of aliphatic hydroxyl groups is 1. The zero-order chi connectivity index (χ0) is 28.0. The van der Waals surface area contributed by atoms with Gasteiger partial charge in [0.2, 0.25) is 23.6 Å². The number of hydrogen-bond donors (Lipinski definition) is 9. The van der Waals surface area contributed by atoms with Crippen molar-refractivity contribution in [2.45, 2.75) is 83.1 Å². The number of carbonyl (C=O) groups is 5. The number of carboxylic acid groups (broad SMARTS) is 1. The highest BCUT2D eigenvalue weighted by molar-refractivity contribution is 5.94. The molecule has 0 spiro atoms. The topological polar surface area (TPSA) is 278 Å². The molecule has 6 atom stereocenters. The number of hydrogen-bond acceptors (Lipinski definition) is 8.